The second kappa shape index (κ2) is 10.0. The van der Waals surface area contributed by atoms with Crippen molar-refractivity contribution in [3.8, 4) is 11.1 Å². The molecule has 196 valence electrons. The zero-order chi connectivity index (χ0) is 27.8. The predicted octanol–water partition coefficient (Wildman–Crippen LogP) is 4.32. The molecule has 0 saturated heterocycles. The summed E-state index contributed by atoms with van der Waals surface area (Å²) < 4.78 is 70.4. The van der Waals surface area contributed by atoms with Crippen LogP contribution in [-0.2, 0) is 24.4 Å². The molecule has 7 nitrogen and oxygen atoms in total. The molecule has 0 radical (unpaired) electrons. The fourth-order valence-electron chi connectivity index (χ4n) is 4.11. The molecule has 2 aromatic heterocycles. The summed E-state index contributed by atoms with van der Waals surface area (Å²) in [5.41, 5.74) is -3.41. The number of hydrogen-bond donors (Lipinski definition) is 2. The minimum absolute atomic E-state index is 0.0743. The topological polar surface area (TPSA) is 101 Å². The lowest BCUT2D eigenvalue weighted by atomic mass is 9.94. The zero-order valence-corrected chi connectivity index (χ0v) is 19.5. The first-order valence-electron chi connectivity index (χ1n) is 11.0. The zero-order valence-electron chi connectivity index (χ0n) is 19.5. The lowest BCUT2D eigenvalue weighted by molar-refractivity contribution is -0.139. The van der Waals surface area contributed by atoms with Crippen LogP contribution in [0.2, 0.25) is 0 Å². The second-order valence-electron chi connectivity index (χ2n) is 8.36. The van der Waals surface area contributed by atoms with Gasteiger partial charge >= 0.3 is 12.1 Å². The Hall–Kier alpha value is -4.61. The summed E-state index contributed by atoms with van der Waals surface area (Å²) >= 11 is 0. The number of carboxylic acid groups (broad SMARTS) is 1. The summed E-state index contributed by atoms with van der Waals surface area (Å²) in [4.78, 5) is 41.4. The Morgan fingerprint density at radius 1 is 1.05 bits per heavy atom. The smallest absolute Gasteiger partial charge is 0.417 e. The number of aliphatic carboxylic acids is 1. The van der Waals surface area contributed by atoms with Gasteiger partial charge in [-0.3, -0.25) is 14.6 Å². The first kappa shape index (κ1) is 26.5. The van der Waals surface area contributed by atoms with Crippen molar-refractivity contribution in [1.29, 1.82) is 0 Å². The molecular formula is C26H18F5N3O4. The first-order valence-corrected chi connectivity index (χ1v) is 11.0. The Balaban J connectivity index is 1.79. The summed E-state index contributed by atoms with van der Waals surface area (Å²) in [7, 11) is 1.30. The fraction of sp³-hybridized carbons (Fsp3) is 0.154. The maximum absolute atomic E-state index is 14.0. The monoisotopic (exact) mass is 531 g/mol. The maximum atomic E-state index is 14.0. The van der Waals surface area contributed by atoms with Crippen LogP contribution in [0.4, 0.5) is 22.0 Å². The molecule has 0 aliphatic carbocycles. The number of carbonyl (C=O) groups is 2. The Morgan fingerprint density at radius 2 is 1.71 bits per heavy atom. The van der Waals surface area contributed by atoms with Crippen molar-refractivity contribution in [2.75, 3.05) is 0 Å². The number of para-hydroxylation sites is 1. The van der Waals surface area contributed by atoms with Crippen molar-refractivity contribution < 1.29 is 36.6 Å². The Labute approximate surface area is 211 Å². The molecule has 4 rings (SSSR count). The van der Waals surface area contributed by atoms with Crippen molar-refractivity contribution in [2.45, 2.75) is 18.6 Å². The number of fused-ring (bicyclic) bond motifs is 1. The van der Waals surface area contributed by atoms with Crippen molar-refractivity contribution >= 4 is 22.8 Å². The number of pyridine rings is 2. The van der Waals surface area contributed by atoms with Crippen molar-refractivity contribution in [3.63, 3.8) is 0 Å². The fourth-order valence-corrected chi connectivity index (χ4v) is 4.11. The van der Waals surface area contributed by atoms with Crippen LogP contribution in [0.3, 0.4) is 0 Å². The van der Waals surface area contributed by atoms with Crippen LogP contribution >= 0.6 is 0 Å². The third-order valence-corrected chi connectivity index (χ3v) is 5.91. The van der Waals surface area contributed by atoms with Crippen LogP contribution in [0.25, 0.3) is 22.0 Å². The van der Waals surface area contributed by atoms with E-state index < -0.39 is 64.4 Å². The van der Waals surface area contributed by atoms with E-state index >= 15 is 0 Å². The van der Waals surface area contributed by atoms with Crippen LogP contribution in [0, 0.1) is 11.6 Å². The predicted molar refractivity (Wildman–Crippen MR) is 126 cm³/mol. The van der Waals surface area contributed by atoms with Gasteiger partial charge < -0.3 is 15.0 Å². The third-order valence-electron chi connectivity index (χ3n) is 5.91. The van der Waals surface area contributed by atoms with E-state index in [0.717, 1.165) is 35.0 Å². The Bertz CT molecular complexity index is 1610. The van der Waals surface area contributed by atoms with Gasteiger partial charge in [0.05, 0.1) is 16.6 Å². The highest BCUT2D eigenvalue weighted by Gasteiger charge is 2.36. The molecule has 2 heterocycles. The molecule has 0 bridgehead atoms. The number of alkyl halides is 3. The first-order chi connectivity index (χ1) is 17.9. The van der Waals surface area contributed by atoms with Crippen LogP contribution in [-0.4, -0.2) is 32.6 Å². The van der Waals surface area contributed by atoms with Gasteiger partial charge in [-0.1, -0.05) is 24.3 Å². The number of nitrogens with one attached hydrogen (secondary N) is 1. The quantitative estimate of drug-likeness (QED) is 0.361. The SMILES string of the molecule is Cn1ccc(C(F)(F)F)c(-c2ccnc3c(C[C@H](NC(=O)c4c(F)cccc4F)C(=O)O)cccc23)c1=O. The minimum Gasteiger partial charge on any atom is -0.480 e. The maximum Gasteiger partial charge on any atom is 0.417 e. The normalized spacial score (nSPS) is 12.4. The number of rotatable bonds is 6. The highest BCUT2D eigenvalue weighted by Crippen LogP contribution is 2.37. The van der Waals surface area contributed by atoms with Gasteiger partial charge in [0.2, 0.25) is 0 Å². The lowest BCUT2D eigenvalue weighted by Crippen LogP contribution is -2.43. The molecule has 2 N–H and O–H groups in total. The van der Waals surface area contributed by atoms with Gasteiger partial charge in [-0.15, -0.1) is 0 Å². The average Bonchev–Trinajstić information content (AvgIpc) is 2.84. The van der Waals surface area contributed by atoms with Crippen LogP contribution in [0.1, 0.15) is 21.5 Å². The summed E-state index contributed by atoms with van der Waals surface area (Å²) in [6.45, 7) is 0. The number of carbonyl (C=O) groups excluding carboxylic acids is 1. The third kappa shape index (κ3) is 4.97. The van der Waals surface area contributed by atoms with Crippen molar-refractivity contribution in [1.82, 2.24) is 14.9 Å². The van der Waals surface area contributed by atoms with E-state index in [0.29, 0.717) is 0 Å². The molecule has 1 amide bonds. The van der Waals surface area contributed by atoms with Gasteiger partial charge in [0.25, 0.3) is 11.5 Å². The average molecular weight is 531 g/mol. The number of halogens is 5. The van der Waals surface area contributed by atoms with E-state index in [-0.39, 0.29) is 22.0 Å². The number of aryl methyl sites for hydroxylation is 1. The van der Waals surface area contributed by atoms with Crippen LogP contribution in [0.15, 0.2) is 65.7 Å². The van der Waals surface area contributed by atoms with Gasteiger partial charge in [0, 0.05) is 31.2 Å². The van der Waals surface area contributed by atoms with Gasteiger partial charge in [0.1, 0.15) is 23.2 Å². The molecule has 0 aliphatic heterocycles. The molecule has 38 heavy (non-hydrogen) atoms. The van der Waals surface area contributed by atoms with Crippen molar-refractivity contribution in [2.24, 2.45) is 7.05 Å². The number of amides is 1. The minimum atomic E-state index is -4.84. The molecule has 4 aromatic rings. The van der Waals surface area contributed by atoms with Crippen LogP contribution in [0.5, 0.6) is 0 Å². The Morgan fingerprint density at radius 3 is 2.34 bits per heavy atom. The second-order valence-corrected chi connectivity index (χ2v) is 8.36. The molecule has 12 heteroatoms. The summed E-state index contributed by atoms with van der Waals surface area (Å²) in [5.74, 6) is -5.20. The molecular weight excluding hydrogens is 513 g/mol. The molecule has 0 unspecified atom stereocenters. The summed E-state index contributed by atoms with van der Waals surface area (Å²) in [6, 6.07) is 7.38. The van der Waals surface area contributed by atoms with Crippen LogP contribution < -0.4 is 10.9 Å². The highest BCUT2D eigenvalue weighted by atomic mass is 19.4. The molecule has 0 saturated carbocycles. The lowest BCUT2D eigenvalue weighted by Gasteiger charge is -2.18. The molecule has 2 aromatic carbocycles. The Kier molecular flexibility index (Phi) is 6.99. The van der Waals surface area contributed by atoms with Gasteiger partial charge in [0.15, 0.2) is 0 Å². The molecule has 0 aliphatic rings. The van der Waals surface area contributed by atoms with Gasteiger partial charge in [-0.2, -0.15) is 13.2 Å². The molecule has 1 atom stereocenters. The van der Waals surface area contributed by atoms with E-state index in [4.69, 9.17) is 0 Å². The molecule has 0 fully saturated rings. The number of aromatic nitrogens is 2. The van der Waals surface area contributed by atoms with E-state index in [1.54, 1.807) is 0 Å². The summed E-state index contributed by atoms with van der Waals surface area (Å²) in [6.07, 6.45) is -3.08. The van der Waals surface area contributed by atoms with Gasteiger partial charge in [-0.05, 0) is 35.4 Å². The number of carboxylic acids is 1. The number of hydrogen-bond acceptors (Lipinski definition) is 4. The largest absolute Gasteiger partial charge is 0.480 e. The van der Waals surface area contributed by atoms with E-state index in [2.05, 4.69) is 10.3 Å². The highest BCUT2D eigenvalue weighted by molar-refractivity contribution is 5.98. The molecule has 0 spiro atoms. The van der Waals surface area contributed by atoms with Crippen molar-refractivity contribution in [3.05, 3.63) is 99.6 Å². The standard InChI is InChI=1S/C26H18F5N3O4/c1-34-11-9-16(26(29,30)31)20(24(34)36)14-8-10-32-22-13(4-2-5-15(14)22)12-19(25(37)38)33-23(35)21-17(27)6-3-7-18(21)28/h2-11,19H,12H2,1H3,(H,33,35)(H,37,38)/t19-/m0/s1. The van der Waals surface area contributed by atoms with E-state index in [1.807, 2.05) is 0 Å². The summed E-state index contributed by atoms with van der Waals surface area (Å²) in [5, 5.41) is 11.9. The van der Waals surface area contributed by atoms with Gasteiger partial charge in [-0.25, -0.2) is 13.6 Å². The number of benzene rings is 2. The number of nitrogens with zero attached hydrogens (tertiary/aromatic N) is 2. The van der Waals surface area contributed by atoms with E-state index in [9.17, 15) is 41.4 Å². The van der Waals surface area contributed by atoms with E-state index in [1.165, 1.54) is 37.5 Å².